The van der Waals surface area contributed by atoms with Crippen molar-refractivity contribution in [2.24, 2.45) is 0 Å². The molecule has 2 aromatic rings. The fourth-order valence-corrected chi connectivity index (χ4v) is 2.99. The molecule has 3 heteroatoms. The molecule has 0 atom stereocenters. The van der Waals surface area contributed by atoms with Gasteiger partial charge >= 0.3 is 0 Å². The van der Waals surface area contributed by atoms with Gasteiger partial charge in [-0.05, 0) is 18.9 Å². The van der Waals surface area contributed by atoms with Crippen LogP contribution >= 0.6 is 11.3 Å². The molecule has 0 aliphatic carbocycles. The summed E-state index contributed by atoms with van der Waals surface area (Å²) in [6.45, 7) is 7.81. The molecule has 0 spiro atoms. The zero-order valence-corrected chi connectivity index (χ0v) is 12.0. The number of hydrogen-bond donors (Lipinski definition) is 0. The average Bonchev–Trinajstić information content (AvgIpc) is 2.73. The van der Waals surface area contributed by atoms with Crippen LogP contribution in [-0.4, -0.2) is 10.8 Å². The van der Waals surface area contributed by atoms with Crippen molar-refractivity contribution in [1.82, 2.24) is 4.98 Å². The zero-order chi connectivity index (χ0) is 13.3. The fraction of sp³-hybridized carbons (Fsp3) is 0.333. The van der Waals surface area contributed by atoms with Crippen LogP contribution in [0.15, 0.2) is 24.3 Å². The van der Waals surface area contributed by atoms with Gasteiger partial charge in [-0.25, -0.2) is 4.98 Å². The molecule has 2 rings (SSSR count). The van der Waals surface area contributed by atoms with Crippen LogP contribution in [0.3, 0.4) is 0 Å². The summed E-state index contributed by atoms with van der Waals surface area (Å²) >= 11 is 1.50. The molecular formula is C15H17NOS. The third-order valence-corrected chi connectivity index (χ3v) is 4.01. The second-order valence-electron chi connectivity index (χ2n) is 4.81. The minimum Gasteiger partial charge on any atom is -0.294 e. The maximum absolute atomic E-state index is 11.7. The highest BCUT2D eigenvalue weighted by molar-refractivity contribution is 7.17. The van der Waals surface area contributed by atoms with E-state index < -0.39 is 0 Å². The lowest BCUT2D eigenvalue weighted by molar-refractivity contribution is 0.102. The minimum absolute atomic E-state index is 0.107. The lowest BCUT2D eigenvalue weighted by atomic mass is 10.1. The molecule has 1 aromatic heterocycles. The summed E-state index contributed by atoms with van der Waals surface area (Å²) in [4.78, 5) is 17.1. The molecule has 0 aliphatic heterocycles. The molecule has 0 amide bonds. The standard InChI is InChI=1S/C15H17NOS/c1-9(2)13-14(11(4)17)18-15(16-13)12-7-5-6-10(3)8-12/h5-9H,1-4H3. The van der Waals surface area contributed by atoms with Gasteiger partial charge in [0.25, 0.3) is 0 Å². The molecule has 1 aromatic carbocycles. The van der Waals surface area contributed by atoms with Crippen LogP contribution in [0.2, 0.25) is 0 Å². The van der Waals surface area contributed by atoms with E-state index in [0.29, 0.717) is 0 Å². The number of rotatable bonds is 3. The topological polar surface area (TPSA) is 30.0 Å². The Labute approximate surface area is 112 Å². The van der Waals surface area contributed by atoms with Gasteiger partial charge in [0.05, 0.1) is 10.6 Å². The smallest absolute Gasteiger partial charge is 0.171 e. The Hall–Kier alpha value is -1.48. The maximum Gasteiger partial charge on any atom is 0.171 e. The Balaban J connectivity index is 2.53. The third-order valence-electron chi connectivity index (χ3n) is 2.79. The quantitative estimate of drug-likeness (QED) is 0.762. The number of nitrogens with zero attached hydrogens (tertiary/aromatic N) is 1. The van der Waals surface area contributed by atoms with Crippen molar-refractivity contribution in [2.45, 2.75) is 33.6 Å². The first-order valence-electron chi connectivity index (χ1n) is 6.07. The minimum atomic E-state index is 0.107. The lowest BCUT2D eigenvalue weighted by Crippen LogP contribution is -1.97. The number of carbonyl (C=O) groups excluding carboxylic acids is 1. The van der Waals surface area contributed by atoms with E-state index in [1.54, 1.807) is 6.92 Å². The van der Waals surface area contributed by atoms with E-state index in [0.717, 1.165) is 21.1 Å². The number of aryl methyl sites for hydroxylation is 1. The molecule has 18 heavy (non-hydrogen) atoms. The summed E-state index contributed by atoms with van der Waals surface area (Å²) < 4.78 is 0. The van der Waals surface area contributed by atoms with Crippen LogP contribution in [0.25, 0.3) is 10.6 Å². The van der Waals surface area contributed by atoms with Gasteiger partial charge in [0.1, 0.15) is 5.01 Å². The number of hydrogen-bond acceptors (Lipinski definition) is 3. The van der Waals surface area contributed by atoms with Crippen molar-refractivity contribution in [1.29, 1.82) is 0 Å². The van der Waals surface area contributed by atoms with Gasteiger partial charge in [0.15, 0.2) is 5.78 Å². The zero-order valence-electron chi connectivity index (χ0n) is 11.2. The molecule has 0 aliphatic rings. The summed E-state index contributed by atoms with van der Waals surface area (Å²) in [5, 5.41) is 0.938. The molecule has 0 radical (unpaired) electrons. The van der Waals surface area contributed by atoms with Crippen LogP contribution in [0.1, 0.15) is 47.6 Å². The highest BCUT2D eigenvalue weighted by atomic mass is 32.1. The van der Waals surface area contributed by atoms with E-state index in [9.17, 15) is 4.79 Å². The van der Waals surface area contributed by atoms with Crippen LogP contribution in [0, 0.1) is 6.92 Å². The summed E-state index contributed by atoms with van der Waals surface area (Å²) in [7, 11) is 0. The predicted octanol–water partition coefficient (Wildman–Crippen LogP) is 4.44. The van der Waals surface area contributed by atoms with Gasteiger partial charge in [-0.1, -0.05) is 37.6 Å². The van der Waals surface area contributed by atoms with Gasteiger partial charge in [-0.3, -0.25) is 4.79 Å². The van der Waals surface area contributed by atoms with E-state index >= 15 is 0 Å². The Morgan fingerprint density at radius 2 is 2.06 bits per heavy atom. The van der Waals surface area contributed by atoms with Crippen molar-refractivity contribution in [2.75, 3.05) is 0 Å². The van der Waals surface area contributed by atoms with E-state index in [-0.39, 0.29) is 11.7 Å². The van der Waals surface area contributed by atoms with Gasteiger partial charge in [-0.2, -0.15) is 0 Å². The normalized spacial score (nSPS) is 10.9. The van der Waals surface area contributed by atoms with E-state index in [1.807, 2.05) is 12.1 Å². The molecule has 0 saturated heterocycles. The van der Waals surface area contributed by atoms with Crippen molar-refractivity contribution in [3.05, 3.63) is 40.4 Å². The first-order chi connectivity index (χ1) is 8.49. The Morgan fingerprint density at radius 1 is 1.33 bits per heavy atom. The van der Waals surface area contributed by atoms with E-state index in [1.165, 1.54) is 16.9 Å². The van der Waals surface area contributed by atoms with E-state index in [4.69, 9.17) is 0 Å². The lowest BCUT2D eigenvalue weighted by Gasteiger charge is -2.01. The summed E-state index contributed by atoms with van der Waals surface area (Å²) in [6.07, 6.45) is 0. The predicted molar refractivity (Wildman–Crippen MR) is 76.4 cm³/mol. The monoisotopic (exact) mass is 259 g/mol. The van der Waals surface area contributed by atoms with Crippen LogP contribution in [-0.2, 0) is 0 Å². The van der Waals surface area contributed by atoms with Gasteiger partial charge in [-0.15, -0.1) is 11.3 Å². The van der Waals surface area contributed by atoms with Gasteiger partial charge in [0.2, 0.25) is 0 Å². The average molecular weight is 259 g/mol. The Morgan fingerprint density at radius 3 is 2.56 bits per heavy atom. The SMILES string of the molecule is CC(=O)c1sc(-c2cccc(C)c2)nc1C(C)C. The highest BCUT2D eigenvalue weighted by Crippen LogP contribution is 2.32. The number of aromatic nitrogens is 1. The third kappa shape index (κ3) is 2.51. The molecule has 2 nitrogen and oxygen atoms in total. The summed E-state index contributed by atoms with van der Waals surface area (Å²) in [5.41, 5.74) is 3.22. The largest absolute Gasteiger partial charge is 0.294 e. The van der Waals surface area contributed by atoms with Crippen LogP contribution < -0.4 is 0 Å². The Kier molecular flexibility index (Phi) is 3.62. The number of Topliss-reactive ketones (excluding diaryl/α,β-unsaturated/α-hetero) is 1. The highest BCUT2D eigenvalue weighted by Gasteiger charge is 2.18. The second-order valence-corrected chi connectivity index (χ2v) is 5.81. The van der Waals surface area contributed by atoms with Crippen molar-refractivity contribution < 1.29 is 4.79 Å². The molecule has 0 saturated carbocycles. The summed E-state index contributed by atoms with van der Waals surface area (Å²) in [5.74, 6) is 0.383. The molecule has 0 fully saturated rings. The first-order valence-corrected chi connectivity index (χ1v) is 6.89. The van der Waals surface area contributed by atoms with E-state index in [2.05, 4.69) is 37.9 Å². The van der Waals surface area contributed by atoms with Gasteiger partial charge < -0.3 is 0 Å². The van der Waals surface area contributed by atoms with Crippen molar-refractivity contribution >= 4 is 17.1 Å². The molecule has 0 unspecified atom stereocenters. The Bertz CT molecular complexity index is 584. The van der Waals surface area contributed by atoms with Crippen molar-refractivity contribution in [3.63, 3.8) is 0 Å². The molecule has 1 heterocycles. The van der Waals surface area contributed by atoms with Gasteiger partial charge in [0, 0.05) is 12.5 Å². The number of thiazole rings is 1. The maximum atomic E-state index is 11.7. The molecule has 94 valence electrons. The molecular weight excluding hydrogens is 242 g/mol. The molecule has 0 N–H and O–H groups in total. The second kappa shape index (κ2) is 5.02. The summed E-state index contributed by atoms with van der Waals surface area (Å²) in [6, 6.07) is 8.23. The van der Waals surface area contributed by atoms with Crippen molar-refractivity contribution in [3.8, 4) is 10.6 Å². The number of ketones is 1. The number of carbonyl (C=O) groups is 1. The van der Waals surface area contributed by atoms with Crippen LogP contribution in [0.4, 0.5) is 0 Å². The first kappa shape index (κ1) is 13.0. The van der Waals surface area contributed by atoms with Crippen LogP contribution in [0.5, 0.6) is 0 Å². The number of benzene rings is 1. The fourth-order valence-electron chi connectivity index (χ4n) is 1.88. The molecule has 0 bridgehead atoms.